The molecule has 5 nitrogen and oxygen atoms in total. The summed E-state index contributed by atoms with van der Waals surface area (Å²) in [5, 5.41) is 0.495. The van der Waals surface area contributed by atoms with Crippen LogP contribution in [-0.2, 0) is 4.74 Å². The van der Waals surface area contributed by atoms with Crippen LogP contribution in [0.3, 0.4) is 0 Å². The van der Waals surface area contributed by atoms with Crippen molar-refractivity contribution in [1.29, 1.82) is 0 Å². The first-order valence-electron chi connectivity index (χ1n) is 6.63. The minimum atomic E-state index is -0.410. The summed E-state index contributed by atoms with van der Waals surface area (Å²) in [5.74, 6) is -0.410. The first-order chi connectivity index (χ1) is 9.52. The molecule has 1 fully saturated rings. The largest absolute Gasteiger partial charge is 0.465 e. The molecule has 0 spiro atoms. The van der Waals surface area contributed by atoms with E-state index in [2.05, 4.69) is 16.8 Å². The minimum absolute atomic E-state index is 0.410. The Balaban J connectivity index is 2.41. The third-order valence-electron chi connectivity index (χ3n) is 3.53. The second-order valence-corrected chi connectivity index (χ2v) is 5.44. The van der Waals surface area contributed by atoms with Crippen molar-refractivity contribution >= 4 is 28.9 Å². The summed E-state index contributed by atoms with van der Waals surface area (Å²) >= 11 is 6.32. The highest BCUT2D eigenvalue weighted by Crippen LogP contribution is 2.33. The highest BCUT2D eigenvalue weighted by Gasteiger charge is 2.22. The fraction of sp³-hybridized carbons (Fsp3) is 0.500. The van der Waals surface area contributed by atoms with Gasteiger partial charge in [-0.15, -0.1) is 0 Å². The van der Waals surface area contributed by atoms with Crippen molar-refractivity contribution in [2.45, 2.75) is 6.42 Å². The van der Waals surface area contributed by atoms with E-state index in [1.807, 2.05) is 0 Å². The Labute approximate surface area is 124 Å². The second-order valence-electron chi connectivity index (χ2n) is 5.03. The molecule has 0 radical (unpaired) electrons. The van der Waals surface area contributed by atoms with Gasteiger partial charge in [-0.2, -0.15) is 0 Å². The van der Waals surface area contributed by atoms with Gasteiger partial charge in [0.25, 0.3) is 0 Å². The quantitative estimate of drug-likeness (QED) is 0.667. The van der Waals surface area contributed by atoms with Crippen LogP contribution in [0.4, 0.5) is 11.4 Å². The van der Waals surface area contributed by atoms with Crippen LogP contribution >= 0.6 is 11.6 Å². The zero-order valence-corrected chi connectivity index (χ0v) is 12.6. The molecule has 1 aliphatic rings. The van der Waals surface area contributed by atoms with Gasteiger partial charge < -0.3 is 20.3 Å². The molecule has 1 aliphatic heterocycles. The third-order valence-corrected chi connectivity index (χ3v) is 3.81. The van der Waals surface area contributed by atoms with Crippen LogP contribution in [-0.4, -0.2) is 51.2 Å². The first-order valence-corrected chi connectivity index (χ1v) is 7.01. The standard InChI is InChI=1S/C14H20ClN3O2/c1-17-4-3-5-18(7-6-17)13-11(14(19)20-2)8-10(16)9-12(13)15/h8-9H,3-7,16H2,1-2H3. The maximum atomic E-state index is 12.0. The van der Waals surface area contributed by atoms with Crippen LogP contribution in [0, 0.1) is 0 Å². The number of methoxy groups -OCH3 is 1. The van der Waals surface area contributed by atoms with Gasteiger partial charge in [0.05, 0.1) is 23.4 Å². The number of likely N-dealkylation sites (N-methyl/N-ethyl adjacent to an activating group) is 1. The number of carbonyl (C=O) groups excluding carboxylic acids is 1. The van der Waals surface area contributed by atoms with E-state index in [-0.39, 0.29) is 0 Å². The maximum Gasteiger partial charge on any atom is 0.340 e. The van der Waals surface area contributed by atoms with E-state index in [0.717, 1.165) is 38.3 Å². The zero-order chi connectivity index (χ0) is 14.7. The molecular formula is C14H20ClN3O2. The number of ether oxygens (including phenoxy) is 1. The highest BCUT2D eigenvalue weighted by atomic mass is 35.5. The molecular weight excluding hydrogens is 278 g/mol. The molecule has 1 heterocycles. The number of anilines is 2. The summed E-state index contributed by atoms with van der Waals surface area (Å²) in [7, 11) is 3.45. The van der Waals surface area contributed by atoms with Crippen LogP contribution in [0.15, 0.2) is 12.1 Å². The summed E-state index contributed by atoms with van der Waals surface area (Å²) < 4.78 is 4.84. The number of benzene rings is 1. The third kappa shape index (κ3) is 3.16. The predicted molar refractivity (Wildman–Crippen MR) is 81.5 cm³/mol. The van der Waals surface area contributed by atoms with Crippen molar-refractivity contribution in [3.05, 3.63) is 22.7 Å². The molecule has 110 valence electrons. The van der Waals surface area contributed by atoms with E-state index in [1.165, 1.54) is 7.11 Å². The Bertz CT molecular complexity index is 507. The second kappa shape index (κ2) is 6.33. The summed E-state index contributed by atoms with van der Waals surface area (Å²) in [6.07, 6.45) is 1.03. The fourth-order valence-electron chi connectivity index (χ4n) is 2.48. The maximum absolute atomic E-state index is 12.0. The lowest BCUT2D eigenvalue weighted by Gasteiger charge is -2.26. The highest BCUT2D eigenvalue weighted by molar-refractivity contribution is 6.34. The fourth-order valence-corrected chi connectivity index (χ4v) is 2.82. The van der Waals surface area contributed by atoms with Crippen molar-refractivity contribution in [3.8, 4) is 0 Å². The van der Waals surface area contributed by atoms with E-state index >= 15 is 0 Å². The Hall–Kier alpha value is -1.46. The lowest BCUT2D eigenvalue weighted by atomic mass is 10.1. The van der Waals surface area contributed by atoms with Gasteiger partial charge >= 0.3 is 5.97 Å². The van der Waals surface area contributed by atoms with Crippen molar-refractivity contribution in [2.24, 2.45) is 0 Å². The topological polar surface area (TPSA) is 58.8 Å². The van der Waals surface area contributed by atoms with E-state index in [4.69, 9.17) is 22.1 Å². The Morgan fingerprint density at radius 2 is 2.05 bits per heavy atom. The molecule has 0 atom stereocenters. The normalized spacial score (nSPS) is 16.9. The average Bonchev–Trinajstić information content (AvgIpc) is 2.62. The van der Waals surface area contributed by atoms with Crippen molar-refractivity contribution in [2.75, 3.05) is 51.0 Å². The van der Waals surface area contributed by atoms with E-state index in [0.29, 0.717) is 16.3 Å². The van der Waals surface area contributed by atoms with E-state index in [1.54, 1.807) is 12.1 Å². The molecule has 6 heteroatoms. The van der Waals surface area contributed by atoms with Crippen molar-refractivity contribution in [3.63, 3.8) is 0 Å². The Morgan fingerprint density at radius 3 is 2.75 bits per heavy atom. The number of rotatable bonds is 2. The molecule has 1 saturated heterocycles. The van der Waals surface area contributed by atoms with Crippen molar-refractivity contribution < 1.29 is 9.53 Å². The summed E-state index contributed by atoms with van der Waals surface area (Å²) in [5.41, 5.74) is 7.41. The van der Waals surface area contributed by atoms with Crippen LogP contribution in [0.25, 0.3) is 0 Å². The van der Waals surface area contributed by atoms with E-state index < -0.39 is 5.97 Å². The number of hydrogen-bond acceptors (Lipinski definition) is 5. The van der Waals surface area contributed by atoms with Crippen LogP contribution < -0.4 is 10.6 Å². The number of nitrogens with two attached hydrogens (primary N) is 1. The number of hydrogen-bond donors (Lipinski definition) is 1. The number of esters is 1. The molecule has 0 bridgehead atoms. The average molecular weight is 298 g/mol. The lowest BCUT2D eigenvalue weighted by Crippen LogP contribution is -2.30. The SMILES string of the molecule is COC(=O)c1cc(N)cc(Cl)c1N1CCCN(C)CC1. The molecule has 2 N–H and O–H groups in total. The minimum Gasteiger partial charge on any atom is -0.465 e. The predicted octanol–water partition coefficient (Wildman–Crippen LogP) is 1.85. The monoisotopic (exact) mass is 297 g/mol. The number of carbonyl (C=O) groups is 1. The molecule has 1 aromatic carbocycles. The lowest BCUT2D eigenvalue weighted by molar-refractivity contribution is 0.0601. The van der Waals surface area contributed by atoms with E-state index in [9.17, 15) is 4.79 Å². The molecule has 1 aromatic rings. The van der Waals surface area contributed by atoms with Gasteiger partial charge in [0.1, 0.15) is 0 Å². The number of nitrogens with zero attached hydrogens (tertiary/aromatic N) is 2. The molecule has 0 aliphatic carbocycles. The van der Waals surface area contributed by atoms with Gasteiger partial charge in [0, 0.05) is 25.3 Å². The number of nitrogen functional groups attached to an aromatic ring is 1. The molecule has 0 aromatic heterocycles. The molecule has 20 heavy (non-hydrogen) atoms. The Kier molecular flexibility index (Phi) is 4.73. The molecule has 0 amide bonds. The van der Waals surface area contributed by atoms with Gasteiger partial charge in [-0.25, -0.2) is 4.79 Å². The van der Waals surface area contributed by atoms with Crippen molar-refractivity contribution in [1.82, 2.24) is 4.90 Å². The van der Waals surface area contributed by atoms with Gasteiger partial charge in [0.2, 0.25) is 0 Å². The summed E-state index contributed by atoms with van der Waals surface area (Å²) in [6, 6.07) is 3.31. The molecule has 2 rings (SSSR count). The van der Waals surface area contributed by atoms with Gasteiger partial charge in [-0.1, -0.05) is 11.6 Å². The summed E-state index contributed by atoms with van der Waals surface area (Å²) in [6.45, 7) is 3.65. The van der Waals surface area contributed by atoms with Gasteiger partial charge in [-0.05, 0) is 32.1 Å². The van der Waals surface area contributed by atoms with Gasteiger partial charge in [-0.3, -0.25) is 0 Å². The van der Waals surface area contributed by atoms with Crippen LogP contribution in [0.2, 0.25) is 5.02 Å². The first kappa shape index (κ1) is 14.9. The summed E-state index contributed by atoms with van der Waals surface area (Å²) in [4.78, 5) is 16.4. The number of halogens is 1. The zero-order valence-electron chi connectivity index (χ0n) is 11.9. The van der Waals surface area contributed by atoms with Crippen LogP contribution in [0.5, 0.6) is 0 Å². The Morgan fingerprint density at radius 1 is 1.30 bits per heavy atom. The molecule has 0 saturated carbocycles. The molecule has 0 unspecified atom stereocenters. The van der Waals surface area contributed by atoms with Crippen LogP contribution in [0.1, 0.15) is 16.8 Å². The van der Waals surface area contributed by atoms with Gasteiger partial charge in [0.15, 0.2) is 0 Å². The smallest absolute Gasteiger partial charge is 0.340 e.